The van der Waals surface area contributed by atoms with Crippen molar-refractivity contribution in [2.45, 2.75) is 6.92 Å². The third kappa shape index (κ3) is 10.9. The van der Waals surface area contributed by atoms with Crippen LogP contribution in [-0.2, 0) is 4.74 Å². The predicted molar refractivity (Wildman–Crippen MR) is 20.8 cm³/mol. The first-order chi connectivity index (χ1) is 2.77. The van der Waals surface area contributed by atoms with Crippen molar-refractivity contribution in [2.24, 2.45) is 0 Å². The van der Waals surface area contributed by atoms with Gasteiger partial charge in [-0.3, -0.25) is 0 Å². The average molecular weight is 130 g/mol. The van der Waals surface area contributed by atoms with E-state index in [2.05, 4.69) is 4.74 Å². The Labute approximate surface area is 85.9 Å². The summed E-state index contributed by atoms with van der Waals surface area (Å²) in [5, 5.41) is 7.69. The van der Waals surface area contributed by atoms with Crippen LogP contribution in [0.5, 0.6) is 0 Å². The Bertz CT molecular complexity index is 58.5. The fourth-order valence-electron chi connectivity index (χ4n) is 0.123. The molecular formula is C3H7KO3. The molecule has 3 nitrogen and oxygen atoms in total. The number of hydrogen-bond acceptors (Lipinski definition) is 2. The summed E-state index contributed by atoms with van der Waals surface area (Å²) in [5.74, 6) is 0. The van der Waals surface area contributed by atoms with Crippen molar-refractivity contribution in [1.29, 1.82) is 0 Å². The Balaban J connectivity index is -0.000000125. The van der Waals surface area contributed by atoms with E-state index in [0.717, 1.165) is 0 Å². The Morgan fingerprint density at radius 3 is 2.43 bits per heavy atom. The first-order valence-electron chi connectivity index (χ1n) is 1.63. The minimum absolute atomic E-state index is 0. The van der Waals surface area contributed by atoms with Crippen molar-refractivity contribution < 1.29 is 67.4 Å². The molecule has 0 spiro atoms. The first-order valence-corrected chi connectivity index (χ1v) is 1.63. The van der Waals surface area contributed by atoms with E-state index in [4.69, 9.17) is 5.11 Å². The second kappa shape index (κ2) is 6.91. The van der Waals surface area contributed by atoms with Gasteiger partial charge in [-0.2, -0.15) is 0 Å². The molecule has 38 valence electrons. The molecule has 0 aromatic carbocycles. The average Bonchev–Trinajstić information content (AvgIpc) is 1.35. The molecule has 0 heterocycles. The molecular weight excluding hydrogens is 123 g/mol. The van der Waals surface area contributed by atoms with Crippen molar-refractivity contribution >= 4 is 6.16 Å². The van der Waals surface area contributed by atoms with Gasteiger partial charge in [-0.1, -0.05) is 0 Å². The molecule has 0 bridgehead atoms. The summed E-state index contributed by atoms with van der Waals surface area (Å²) in [5.41, 5.74) is 0. The van der Waals surface area contributed by atoms with Crippen molar-refractivity contribution in [3.8, 4) is 0 Å². The second-order valence-corrected chi connectivity index (χ2v) is 0.699. The number of carbonyl (C=O) groups is 1. The van der Waals surface area contributed by atoms with E-state index in [-0.39, 0.29) is 59.4 Å². The Hall–Kier alpha value is 0.906. The summed E-state index contributed by atoms with van der Waals surface area (Å²) in [4.78, 5) is 9.38. The molecule has 0 aliphatic rings. The number of hydrogen-bond donors (Lipinski definition) is 1. The fourth-order valence-corrected chi connectivity index (χ4v) is 0.123. The molecule has 7 heavy (non-hydrogen) atoms. The van der Waals surface area contributed by atoms with Crippen LogP contribution in [0.1, 0.15) is 8.35 Å². The molecule has 0 aromatic rings. The van der Waals surface area contributed by atoms with Crippen LogP contribution in [0.3, 0.4) is 0 Å². The van der Waals surface area contributed by atoms with Gasteiger partial charge >= 0.3 is 57.5 Å². The van der Waals surface area contributed by atoms with Gasteiger partial charge in [-0.05, 0) is 6.92 Å². The first kappa shape index (κ1) is 10.8. The van der Waals surface area contributed by atoms with Crippen molar-refractivity contribution in [3.63, 3.8) is 0 Å². The normalized spacial score (nSPS) is 6.43. The van der Waals surface area contributed by atoms with Crippen LogP contribution >= 0.6 is 0 Å². The van der Waals surface area contributed by atoms with Crippen LogP contribution < -0.4 is 51.4 Å². The minimum atomic E-state index is -1.21. The van der Waals surface area contributed by atoms with E-state index in [1.165, 1.54) is 0 Å². The van der Waals surface area contributed by atoms with Crippen LogP contribution in [0.2, 0.25) is 0 Å². The van der Waals surface area contributed by atoms with Gasteiger partial charge < -0.3 is 11.3 Å². The third-order valence-corrected chi connectivity index (χ3v) is 0.268. The molecule has 0 aliphatic carbocycles. The van der Waals surface area contributed by atoms with Gasteiger partial charge in [0.2, 0.25) is 0 Å². The molecule has 0 fully saturated rings. The molecule has 0 rings (SSSR count). The molecule has 0 saturated carbocycles. The molecule has 0 amide bonds. The zero-order valence-corrected chi connectivity index (χ0v) is 7.59. The number of rotatable bonds is 1. The summed E-state index contributed by atoms with van der Waals surface area (Å²) < 4.78 is 3.96. The van der Waals surface area contributed by atoms with Crippen molar-refractivity contribution in [1.82, 2.24) is 0 Å². The van der Waals surface area contributed by atoms with E-state index >= 15 is 0 Å². The van der Waals surface area contributed by atoms with Gasteiger partial charge in [0.1, 0.15) is 0 Å². The molecule has 0 aliphatic heterocycles. The van der Waals surface area contributed by atoms with Crippen LogP contribution in [-0.4, -0.2) is 17.9 Å². The summed E-state index contributed by atoms with van der Waals surface area (Å²) in [7, 11) is 0. The van der Waals surface area contributed by atoms with Gasteiger partial charge in [0.15, 0.2) is 0 Å². The van der Waals surface area contributed by atoms with Gasteiger partial charge in [0.05, 0.1) is 6.61 Å². The second-order valence-electron chi connectivity index (χ2n) is 0.699. The van der Waals surface area contributed by atoms with Gasteiger partial charge in [0, 0.05) is 0 Å². The summed E-state index contributed by atoms with van der Waals surface area (Å²) in [6.07, 6.45) is -1.21. The number of carboxylic acid groups (broad SMARTS) is 1. The van der Waals surface area contributed by atoms with E-state index in [0.29, 0.717) is 0 Å². The predicted octanol–water partition coefficient (Wildman–Crippen LogP) is -2.18. The van der Waals surface area contributed by atoms with E-state index in [1.807, 2.05) is 0 Å². The van der Waals surface area contributed by atoms with Gasteiger partial charge in [-0.15, -0.1) is 0 Å². The molecule has 0 radical (unpaired) electrons. The summed E-state index contributed by atoms with van der Waals surface area (Å²) in [6, 6.07) is 0. The summed E-state index contributed by atoms with van der Waals surface area (Å²) >= 11 is 0. The Morgan fingerprint density at radius 2 is 2.43 bits per heavy atom. The molecule has 0 atom stereocenters. The standard InChI is InChI=1S/C3H6O3.K.H/c1-2-6-3(4)5;;/h2H2,1H3,(H,4,5);;/q;+1;-1. The Morgan fingerprint density at radius 1 is 2.00 bits per heavy atom. The molecule has 0 unspecified atom stereocenters. The van der Waals surface area contributed by atoms with Crippen LogP contribution in [0.4, 0.5) is 4.79 Å². The van der Waals surface area contributed by atoms with Crippen LogP contribution in [0, 0.1) is 0 Å². The van der Waals surface area contributed by atoms with Gasteiger partial charge in [-0.25, -0.2) is 4.79 Å². The van der Waals surface area contributed by atoms with E-state index in [1.54, 1.807) is 6.92 Å². The largest absolute Gasteiger partial charge is 1.00 e. The minimum Gasteiger partial charge on any atom is -1.00 e. The maximum atomic E-state index is 9.38. The third-order valence-electron chi connectivity index (χ3n) is 0.268. The van der Waals surface area contributed by atoms with E-state index in [9.17, 15) is 4.79 Å². The maximum Gasteiger partial charge on any atom is 1.00 e. The van der Waals surface area contributed by atoms with Crippen molar-refractivity contribution in [3.05, 3.63) is 0 Å². The van der Waals surface area contributed by atoms with Crippen LogP contribution in [0.25, 0.3) is 0 Å². The molecule has 4 heteroatoms. The van der Waals surface area contributed by atoms with Gasteiger partial charge in [0.25, 0.3) is 0 Å². The van der Waals surface area contributed by atoms with E-state index < -0.39 is 6.16 Å². The Kier molecular flexibility index (Phi) is 10.7. The molecule has 0 saturated heterocycles. The molecule has 0 aromatic heterocycles. The quantitative estimate of drug-likeness (QED) is 0.324. The van der Waals surface area contributed by atoms with Crippen molar-refractivity contribution in [2.75, 3.05) is 6.61 Å². The zero-order valence-electron chi connectivity index (χ0n) is 5.47. The fraction of sp³-hybridized carbons (Fsp3) is 0.667. The SMILES string of the molecule is CCOC(=O)O.[H-].[K+]. The molecule has 1 N–H and O–H groups in total. The maximum absolute atomic E-state index is 9.38. The number of ether oxygens (including phenoxy) is 1. The summed E-state index contributed by atoms with van der Waals surface area (Å²) in [6.45, 7) is 1.85. The van der Waals surface area contributed by atoms with Crippen LogP contribution in [0.15, 0.2) is 0 Å². The smallest absolute Gasteiger partial charge is 1.00 e. The monoisotopic (exact) mass is 130 g/mol. The topological polar surface area (TPSA) is 46.5 Å². The zero-order chi connectivity index (χ0) is 4.99.